The van der Waals surface area contributed by atoms with E-state index in [-0.39, 0.29) is 11.8 Å². The molecule has 0 saturated carbocycles. The molecule has 94 valence electrons. The molecule has 2 aromatic rings. The van der Waals surface area contributed by atoms with Crippen molar-refractivity contribution < 1.29 is 9.52 Å². The van der Waals surface area contributed by atoms with Crippen molar-refractivity contribution in [3.63, 3.8) is 0 Å². The molecule has 2 rings (SSSR count). The SMILES string of the molecule is CC(C)[C@H](N)C(O)c1nc2cc(C#N)ccc2o1. The lowest BCUT2D eigenvalue weighted by Crippen LogP contribution is -2.33. The zero-order valence-corrected chi connectivity index (χ0v) is 10.3. The van der Waals surface area contributed by atoms with Crippen molar-refractivity contribution in [3.05, 3.63) is 29.7 Å². The highest BCUT2D eigenvalue weighted by molar-refractivity contribution is 5.74. The molecule has 5 heteroatoms. The molecule has 0 amide bonds. The second-order valence-electron chi connectivity index (χ2n) is 4.61. The van der Waals surface area contributed by atoms with Gasteiger partial charge in [0.25, 0.3) is 0 Å². The first-order valence-electron chi connectivity index (χ1n) is 5.77. The number of fused-ring (bicyclic) bond motifs is 1. The average molecular weight is 245 g/mol. The van der Waals surface area contributed by atoms with E-state index in [0.717, 1.165) is 0 Å². The van der Waals surface area contributed by atoms with Gasteiger partial charge in [0.1, 0.15) is 11.6 Å². The Morgan fingerprint density at radius 3 is 2.78 bits per heavy atom. The summed E-state index contributed by atoms with van der Waals surface area (Å²) in [5.74, 6) is 0.311. The van der Waals surface area contributed by atoms with Crippen LogP contribution in [0.25, 0.3) is 11.1 Å². The van der Waals surface area contributed by atoms with E-state index in [4.69, 9.17) is 15.4 Å². The molecular weight excluding hydrogens is 230 g/mol. The van der Waals surface area contributed by atoms with Gasteiger partial charge in [-0.25, -0.2) is 4.98 Å². The number of aromatic nitrogens is 1. The van der Waals surface area contributed by atoms with Crippen LogP contribution in [0, 0.1) is 17.2 Å². The van der Waals surface area contributed by atoms with Gasteiger partial charge in [-0.05, 0) is 24.1 Å². The first-order valence-corrected chi connectivity index (χ1v) is 5.77. The van der Waals surface area contributed by atoms with Crippen LogP contribution in [0.15, 0.2) is 22.6 Å². The molecular formula is C13H15N3O2. The van der Waals surface area contributed by atoms with Crippen molar-refractivity contribution in [1.29, 1.82) is 5.26 Å². The lowest BCUT2D eigenvalue weighted by molar-refractivity contribution is 0.0992. The van der Waals surface area contributed by atoms with Gasteiger partial charge >= 0.3 is 0 Å². The number of nitrogens with zero attached hydrogens (tertiary/aromatic N) is 2. The van der Waals surface area contributed by atoms with Gasteiger partial charge in [-0.2, -0.15) is 5.26 Å². The first-order chi connectivity index (χ1) is 8.52. The molecule has 0 aliphatic carbocycles. The van der Waals surface area contributed by atoms with Crippen LogP contribution in [0.5, 0.6) is 0 Å². The maximum absolute atomic E-state index is 10.0. The fraction of sp³-hybridized carbons (Fsp3) is 0.385. The molecule has 0 fully saturated rings. The van der Waals surface area contributed by atoms with E-state index in [1.165, 1.54) is 0 Å². The van der Waals surface area contributed by atoms with Crippen LogP contribution < -0.4 is 5.73 Å². The third-order valence-electron chi connectivity index (χ3n) is 2.92. The third kappa shape index (κ3) is 2.21. The Labute approximate surface area is 105 Å². The van der Waals surface area contributed by atoms with Crippen LogP contribution in [-0.4, -0.2) is 16.1 Å². The smallest absolute Gasteiger partial charge is 0.225 e. The molecule has 2 atom stereocenters. The molecule has 0 aliphatic rings. The number of nitriles is 1. The molecule has 0 spiro atoms. The second-order valence-corrected chi connectivity index (χ2v) is 4.61. The molecule has 5 nitrogen and oxygen atoms in total. The molecule has 18 heavy (non-hydrogen) atoms. The molecule has 1 aromatic carbocycles. The van der Waals surface area contributed by atoms with Crippen LogP contribution in [0.2, 0.25) is 0 Å². The minimum Gasteiger partial charge on any atom is -0.438 e. The number of aliphatic hydroxyl groups excluding tert-OH is 1. The van der Waals surface area contributed by atoms with E-state index in [1.807, 2.05) is 19.9 Å². The maximum Gasteiger partial charge on any atom is 0.225 e. The number of benzene rings is 1. The zero-order valence-electron chi connectivity index (χ0n) is 10.3. The zero-order chi connectivity index (χ0) is 13.3. The Balaban J connectivity index is 2.38. The number of hydrogen-bond acceptors (Lipinski definition) is 5. The fourth-order valence-electron chi connectivity index (χ4n) is 1.67. The second kappa shape index (κ2) is 4.77. The Bertz CT molecular complexity index is 598. The summed E-state index contributed by atoms with van der Waals surface area (Å²) >= 11 is 0. The highest BCUT2D eigenvalue weighted by atomic mass is 16.4. The van der Waals surface area contributed by atoms with Crippen LogP contribution in [-0.2, 0) is 0 Å². The summed E-state index contributed by atoms with van der Waals surface area (Å²) in [5, 5.41) is 18.8. The Morgan fingerprint density at radius 2 is 2.17 bits per heavy atom. The number of oxazole rings is 1. The predicted octanol–water partition coefficient (Wildman–Crippen LogP) is 1.72. The van der Waals surface area contributed by atoms with Gasteiger partial charge < -0.3 is 15.3 Å². The summed E-state index contributed by atoms with van der Waals surface area (Å²) in [6.07, 6.45) is -0.942. The summed E-state index contributed by atoms with van der Waals surface area (Å²) in [6, 6.07) is 6.52. The largest absolute Gasteiger partial charge is 0.438 e. The van der Waals surface area contributed by atoms with E-state index in [9.17, 15) is 5.11 Å². The quantitative estimate of drug-likeness (QED) is 0.858. The number of hydrogen-bond donors (Lipinski definition) is 2. The van der Waals surface area contributed by atoms with Crippen molar-refractivity contribution >= 4 is 11.1 Å². The Morgan fingerprint density at radius 1 is 1.44 bits per heavy atom. The number of nitrogens with two attached hydrogens (primary N) is 1. The van der Waals surface area contributed by atoms with Gasteiger partial charge in [0.2, 0.25) is 5.89 Å². The van der Waals surface area contributed by atoms with Gasteiger partial charge in [-0.1, -0.05) is 13.8 Å². The van der Waals surface area contributed by atoms with Crippen molar-refractivity contribution in [2.75, 3.05) is 0 Å². The van der Waals surface area contributed by atoms with E-state index in [0.29, 0.717) is 16.7 Å². The van der Waals surface area contributed by atoms with E-state index in [2.05, 4.69) is 4.98 Å². The normalized spacial score (nSPS) is 14.7. The van der Waals surface area contributed by atoms with Gasteiger partial charge in [-0.3, -0.25) is 0 Å². The highest BCUT2D eigenvalue weighted by Gasteiger charge is 2.24. The number of rotatable bonds is 3. The average Bonchev–Trinajstić information content (AvgIpc) is 2.79. The predicted molar refractivity (Wildman–Crippen MR) is 66.5 cm³/mol. The Kier molecular flexibility index (Phi) is 3.32. The molecule has 0 radical (unpaired) electrons. The van der Waals surface area contributed by atoms with Crippen molar-refractivity contribution in [2.45, 2.75) is 26.0 Å². The summed E-state index contributed by atoms with van der Waals surface area (Å²) in [7, 11) is 0. The van der Waals surface area contributed by atoms with Crippen molar-refractivity contribution in [3.8, 4) is 6.07 Å². The topological polar surface area (TPSA) is 96.1 Å². The van der Waals surface area contributed by atoms with E-state index < -0.39 is 12.1 Å². The number of aliphatic hydroxyl groups is 1. The summed E-state index contributed by atoms with van der Waals surface area (Å²) < 4.78 is 5.45. The van der Waals surface area contributed by atoms with Crippen LogP contribution in [0.4, 0.5) is 0 Å². The minimum absolute atomic E-state index is 0.115. The van der Waals surface area contributed by atoms with Gasteiger partial charge in [0.05, 0.1) is 11.6 Å². The van der Waals surface area contributed by atoms with Gasteiger partial charge in [0, 0.05) is 6.04 Å². The van der Waals surface area contributed by atoms with Crippen LogP contribution >= 0.6 is 0 Å². The van der Waals surface area contributed by atoms with Crippen molar-refractivity contribution in [1.82, 2.24) is 4.98 Å². The monoisotopic (exact) mass is 245 g/mol. The summed E-state index contributed by atoms with van der Waals surface area (Å²) in [4.78, 5) is 4.18. The standard InChI is InChI=1S/C13H15N3O2/c1-7(2)11(15)12(17)13-16-9-5-8(6-14)3-4-10(9)18-13/h3-5,7,11-12,17H,15H2,1-2H3/t11-,12?/m0/s1. The minimum atomic E-state index is -0.942. The highest BCUT2D eigenvalue weighted by Crippen LogP contribution is 2.24. The molecule has 1 unspecified atom stereocenters. The van der Waals surface area contributed by atoms with Crippen LogP contribution in [0.1, 0.15) is 31.4 Å². The third-order valence-corrected chi connectivity index (χ3v) is 2.92. The molecule has 0 saturated heterocycles. The molecule has 1 aromatic heterocycles. The van der Waals surface area contributed by atoms with Gasteiger partial charge in [-0.15, -0.1) is 0 Å². The summed E-state index contributed by atoms with van der Waals surface area (Å²) in [5.41, 5.74) is 7.47. The Hall–Kier alpha value is -1.90. The first kappa shape index (κ1) is 12.6. The molecule has 1 heterocycles. The summed E-state index contributed by atoms with van der Waals surface area (Å²) in [6.45, 7) is 3.84. The van der Waals surface area contributed by atoms with E-state index in [1.54, 1.807) is 18.2 Å². The molecule has 0 bridgehead atoms. The fourth-order valence-corrected chi connectivity index (χ4v) is 1.67. The molecule has 3 N–H and O–H groups in total. The lowest BCUT2D eigenvalue weighted by Gasteiger charge is -2.19. The lowest BCUT2D eigenvalue weighted by atomic mass is 10.00. The van der Waals surface area contributed by atoms with E-state index >= 15 is 0 Å². The van der Waals surface area contributed by atoms with Crippen LogP contribution in [0.3, 0.4) is 0 Å². The maximum atomic E-state index is 10.0. The van der Waals surface area contributed by atoms with Crippen molar-refractivity contribution in [2.24, 2.45) is 11.7 Å². The van der Waals surface area contributed by atoms with Gasteiger partial charge in [0.15, 0.2) is 5.58 Å². The molecule has 0 aliphatic heterocycles.